The number of H-pyrrole nitrogens is 1. The number of aryl methyl sites for hydroxylation is 2. The number of likely N-dealkylation sites (tertiary alicyclic amines) is 1. The number of thiazole rings is 1. The number of piperidine rings is 1. The van der Waals surface area contributed by atoms with Crippen LogP contribution in [0, 0.1) is 13.8 Å². The van der Waals surface area contributed by atoms with Gasteiger partial charge in [-0.2, -0.15) is 0 Å². The maximum absolute atomic E-state index is 12.9. The molecule has 0 atom stereocenters. The molecule has 0 aromatic carbocycles. The predicted molar refractivity (Wildman–Crippen MR) is 103 cm³/mol. The number of carbonyl (C=O) groups is 1. The highest BCUT2D eigenvalue weighted by Crippen LogP contribution is 2.33. The standard InChI is InChI=1S/C19H27N5O2S/c1-14-15(2)27-17(22-14)12-24-7-8-26-19(9-18(24)25)3-5-23(6-4-19)11-16-10-20-13-21-16/h10,13H,3-9,11-12H2,1-2H3,(H,20,21). The van der Waals surface area contributed by atoms with E-state index in [4.69, 9.17) is 4.74 Å². The lowest BCUT2D eigenvalue weighted by Gasteiger charge is -2.40. The van der Waals surface area contributed by atoms with E-state index in [-0.39, 0.29) is 11.5 Å². The van der Waals surface area contributed by atoms with E-state index in [0.29, 0.717) is 26.1 Å². The highest BCUT2D eigenvalue weighted by molar-refractivity contribution is 7.11. The molecule has 7 nitrogen and oxygen atoms in total. The smallest absolute Gasteiger partial charge is 0.225 e. The topological polar surface area (TPSA) is 74.3 Å². The number of aromatic amines is 1. The molecule has 8 heteroatoms. The van der Waals surface area contributed by atoms with Crippen molar-refractivity contribution in [2.75, 3.05) is 26.2 Å². The van der Waals surface area contributed by atoms with Gasteiger partial charge in [0.05, 0.1) is 37.2 Å². The van der Waals surface area contributed by atoms with Gasteiger partial charge in [0.2, 0.25) is 5.91 Å². The zero-order valence-electron chi connectivity index (χ0n) is 16.0. The molecule has 27 heavy (non-hydrogen) atoms. The lowest BCUT2D eigenvalue weighted by atomic mass is 9.87. The van der Waals surface area contributed by atoms with Gasteiger partial charge in [0, 0.05) is 42.9 Å². The summed E-state index contributed by atoms with van der Waals surface area (Å²) in [6.07, 6.45) is 5.87. The second-order valence-corrected chi connectivity index (χ2v) is 8.91. The van der Waals surface area contributed by atoms with E-state index in [2.05, 4.69) is 26.8 Å². The Bertz CT molecular complexity index is 761. The number of nitrogens with one attached hydrogen (secondary N) is 1. The number of hydrogen-bond acceptors (Lipinski definition) is 6. The van der Waals surface area contributed by atoms with Gasteiger partial charge in [-0.1, -0.05) is 0 Å². The monoisotopic (exact) mass is 389 g/mol. The Morgan fingerprint density at radius 3 is 2.74 bits per heavy atom. The molecule has 2 saturated heterocycles. The number of aromatic nitrogens is 3. The van der Waals surface area contributed by atoms with Crippen LogP contribution in [-0.4, -0.2) is 62.5 Å². The quantitative estimate of drug-likeness (QED) is 0.868. The lowest BCUT2D eigenvalue weighted by Crippen LogP contribution is -2.47. The highest BCUT2D eigenvalue weighted by Gasteiger charge is 2.40. The number of imidazole rings is 1. The van der Waals surface area contributed by atoms with E-state index in [1.807, 2.05) is 18.0 Å². The van der Waals surface area contributed by atoms with Crippen LogP contribution in [0.4, 0.5) is 0 Å². The first kappa shape index (κ1) is 18.6. The van der Waals surface area contributed by atoms with Gasteiger partial charge in [-0.15, -0.1) is 11.3 Å². The Balaban J connectivity index is 1.35. The average Bonchev–Trinajstić information content (AvgIpc) is 3.22. The van der Waals surface area contributed by atoms with Crippen LogP contribution in [0.25, 0.3) is 0 Å². The fourth-order valence-corrected chi connectivity index (χ4v) is 4.87. The summed E-state index contributed by atoms with van der Waals surface area (Å²) in [5.74, 6) is 0.194. The summed E-state index contributed by atoms with van der Waals surface area (Å²) in [6, 6.07) is 0. The SMILES string of the molecule is Cc1nc(CN2CCOC3(CCN(Cc4cnc[nH]4)CC3)CC2=O)sc1C. The number of carbonyl (C=O) groups excluding carboxylic acids is 1. The van der Waals surface area contributed by atoms with Gasteiger partial charge in [-0.25, -0.2) is 9.97 Å². The first-order chi connectivity index (χ1) is 13.0. The summed E-state index contributed by atoms with van der Waals surface area (Å²) in [4.78, 5) is 30.3. The second kappa shape index (κ2) is 7.69. The molecule has 0 aliphatic carbocycles. The summed E-state index contributed by atoms with van der Waals surface area (Å²) in [5, 5.41) is 1.02. The third-order valence-electron chi connectivity index (χ3n) is 5.71. The molecule has 1 spiro atoms. The van der Waals surface area contributed by atoms with Crippen molar-refractivity contribution in [2.24, 2.45) is 0 Å². The molecule has 0 bridgehead atoms. The number of amides is 1. The highest BCUT2D eigenvalue weighted by atomic mass is 32.1. The molecule has 4 rings (SSSR count). The molecule has 0 saturated carbocycles. The van der Waals surface area contributed by atoms with Gasteiger partial charge < -0.3 is 14.6 Å². The lowest BCUT2D eigenvalue weighted by molar-refractivity contribution is -0.136. The minimum Gasteiger partial charge on any atom is -0.373 e. The third-order valence-corrected chi connectivity index (χ3v) is 6.77. The molecule has 1 amide bonds. The van der Waals surface area contributed by atoms with Gasteiger partial charge in [0.1, 0.15) is 5.01 Å². The number of rotatable bonds is 4. The number of nitrogens with zero attached hydrogens (tertiary/aromatic N) is 4. The van der Waals surface area contributed by atoms with E-state index >= 15 is 0 Å². The van der Waals surface area contributed by atoms with Crippen molar-refractivity contribution in [1.29, 1.82) is 0 Å². The molecule has 2 fully saturated rings. The second-order valence-electron chi connectivity index (χ2n) is 7.63. The van der Waals surface area contributed by atoms with Crippen LogP contribution in [0.1, 0.15) is 40.5 Å². The van der Waals surface area contributed by atoms with Gasteiger partial charge in [-0.3, -0.25) is 9.69 Å². The first-order valence-electron chi connectivity index (χ1n) is 9.57. The van der Waals surface area contributed by atoms with Gasteiger partial charge in [0.25, 0.3) is 0 Å². The van der Waals surface area contributed by atoms with Crippen LogP contribution in [0.5, 0.6) is 0 Å². The Morgan fingerprint density at radius 1 is 1.26 bits per heavy atom. The molecule has 1 N–H and O–H groups in total. The average molecular weight is 390 g/mol. The van der Waals surface area contributed by atoms with E-state index < -0.39 is 0 Å². The number of hydrogen-bond donors (Lipinski definition) is 1. The Morgan fingerprint density at radius 2 is 2.07 bits per heavy atom. The fourth-order valence-electron chi connectivity index (χ4n) is 3.92. The molecular formula is C19H27N5O2S. The van der Waals surface area contributed by atoms with Gasteiger partial charge >= 0.3 is 0 Å². The molecule has 2 aliphatic heterocycles. The fraction of sp³-hybridized carbons (Fsp3) is 0.632. The third kappa shape index (κ3) is 4.23. The largest absolute Gasteiger partial charge is 0.373 e. The van der Waals surface area contributed by atoms with Crippen molar-refractivity contribution in [3.05, 3.63) is 33.8 Å². The van der Waals surface area contributed by atoms with Gasteiger partial charge in [0.15, 0.2) is 0 Å². The number of ether oxygens (including phenoxy) is 1. The van der Waals surface area contributed by atoms with Crippen molar-refractivity contribution in [1.82, 2.24) is 24.8 Å². The molecule has 2 aliphatic rings. The van der Waals surface area contributed by atoms with Crippen LogP contribution in [0.15, 0.2) is 12.5 Å². The van der Waals surface area contributed by atoms with E-state index in [0.717, 1.165) is 48.9 Å². The van der Waals surface area contributed by atoms with Crippen LogP contribution in [-0.2, 0) is 22.6 Å². The minimum absolute atomic E-state index is 0.194. The van der Waals surface area contributed by atoms with Crippen molar-refractivity contribution in [3.8, 4) is 0 Å². The molecule has 2 aromatic rings. The van der Waals surface area contributed by atoms with Crippen LogP contribution < -0.4 is 0 Å². The van der Waals surface area contributed by atoms with E-state index in [9.17, 15) is 4.79 Å². The van der Waals surface area contributed by atoms with Crippen LogP contribution in [0.2, 0.25) is 0 Å². The normalized spacial score (nSPS) is 21.0. The first-order valence-corrected chi connectivity index (χ1v) is 10.4. The minimum atomic E-state index is -0.301. The summed E-state index contributed by atoms with van der Waals surface area (Å²) in [5.41, 5.74) is 1.89. The summed E-state index contributed by atoms with van der Waals surface area (Å²) in [6.45, 7) is 8.72. The molecule has 146 valence electrons. The summed E-state index contributed by atoms with van der Waals surface area (Å²) < 4.78 is 6.26. The van der Waals surface area contributed by atoms with Crippen LogP contribution in [0.3, 0.4) is 0 Å². The summed E-state index contributed by atoms with van der Waals surface area (Å²) >= 11 is 1.69. The van der Waals surface area contributed by atoms with Crippen molar-refractivity contribution >= 4 is 17.2 Å². The van der Waals surface area contributed by atoms with Gasteiger partial charge in [-0.05, 0) is 26.7 Å². The van der Waals surface area contributed by atoms with Crippen LogP contribution >= 0.6 is 11.3 Å². The van der Waals surface area contributed by atoms with Crippen molar-refractivity contribution < 1.29 is 9.53 Å². The Kier molecular flexibility index (Phi) is 5.29. The van der Waals surface area contributed by atoms with Crippen molar-refractivity contribution in [2.45, 2.75) is 51.8 Å². The molecule has 0 unspecified atom stereocenters. The molecule has 4 heterocycles. The molecular weight excluding hydrogens is 362 g/mol. The maximum Gasteiger partial charge on any atom is 0.225 e. The zero-order valence-corrected chi connectivity index (χ0v) is 16.8. The predicted octanol–water partition coefficient (Wildman–Crippen LogP) is 2.27. The Labute approximate surface area is 163 Å². The maximum atomic E-state index is 12.9. The zero-order chi connectivity index (χ0) is 18.9. The summed E-state index contributed by atoms with van der Waals surface area (Å²) in [7, 11) is 0. The van der Waals surface area contributed by atoms with Crippen molar-refractivity contribution in [3.63, 3.8) is 0 Å². The molecule has 2 aromatic heterocycles. The molecule has 0 radical (unpaired) electrons. The van der Waals surface area contributed by atoms with E-state index in [1.165, 1.54) is 4.88 Å². The van der Waals surface area contributed by atoms with E-state index in [1.54, 1.807) is 17.7 Å². The Hall–Kier alpha value is -1.77.